The Labute approximate surface area is 255 Å². The molecule has 0 atom stereocenters. The number of hydrogen-bond donors (Lipinski definition) is 0. The van der Waals surface area contributed by atoms with Crippen molar-refractivity contribution < 1.29 is 33.2 Å². The van der Waals surface area contributed by atoms with Gasteiger partial charge in [0.2, 0.25) is 0 Å². The van der Waals surface area contributed by atoms with Crippen LogP contribution in [-0.4, -0.2) is 59.5 Å². The fraction of sp³-hybridized carbons (Fsp3) is 0.471. The molecule has 4 rings (SSSR count). The first-order chi connectivity index (χ1) is 21.3. The molecule has 0 radical (unpaired) electrons. The van der Waals surface area contributed by atoms with E-state index in [0.29, 0.717) is 75.9 Å². The standard InChI is InChI=1S/C34H44N2O7/c1-2-3-4-5-6-7-18-40-30-12-8-28(9-13-30)35-36-29-10-14-31(15-11-29)43-32-16-17-33-34(27-32)42-26-24-39-22-20-37-19-21-38-23-25-41-33/h8-17,27H,2-7,18-26H2,1H3. The first kappa shape index (κ1) is 32.3. The fourth-order valence-corrected chi connectivity index (χ4v) is 4.26. The van der Waals surface area contributed by atoms with Gasteiger partial charge in [0.15, 0.2) is 11.5 Å². The molecule has 0 spiro atoms. The van der Waals surface area contributed by atoms with E-state index in [1.807, 2.05) is 66.7 Å². The minimum absolute atomic E-state index is 0.380. The Kier molecular flexibility index (Phi) is 14.6. The topological polar surface area (TPSA) is 89.3 Å². The van der Waals surface area contributed by atoms with Crippen LogP contribution in [0.15, 0.2) is 77.0 Å². The summed E-state index contributed by atoms with van der Waals surface area (Å²) in [5.41, 5.74) is 1.49. The highest BCUT2D eigenvalue weighted by Gasteiger charge is 2.10. The Morgan fingerprint density at radius 2 is 1.05 bits per heavy atom. The monoisotopic (exact) mass is 592 g/mol. The van der Waals surface area contributed by atoms with Gasteiger partial charge in [0.1, 0.15) is 30.5 Å². The number of unbranched alkanes of at least 4 members (excludes halogenated alkanes) is 5. The van der Waals surface area contributed by atoms with E-state index in [0.717, 1.165) is 30.2 Å². The fourth-order valence-electron chi connectivity index (χ4n) is 4.26. The molecule has 0 N–H and O–H groups in total. The van der Waals surface area contributed by atoms with Crippen LogP contribution in [0, 0.1) is 0 Å². The Balaban J connectivity index is 1.26. The summed E-state index contributed by atoms with van der Waals surface area (Å²) >= 11 is 0. The van der Waals surface area contributed by atoms with Gasteiger partial charge in [-0.05, 0) is 67.1 Å². The lowest BCUT2D eigenvalue weighted by Crippen LogP contribution is -2.13. The maximum atomic E-state index is 6.07. The van der Waals surface area contributed by atoms with Gasteiger partial charge >= 0.3 is 0 Å². The van der Waals surface area contributed by atoms with Crippen molar-refractivity contribution in [1.82, 2.24) is 0 Å². The zero-order chi connectivity index (χ0) is 29.8. The number of benzene rings is 3. The van der Waals surface area contributed by atoms with Crippen LogP contribution >= 0.6 is 0 Å². The summed E-state index contributed by atoms with van der Waals surface area (Å²) in [6.07, 6.45) is 7.49. The van der Waals surface area contributed by atoms with E-state index >= 15 is 0 Å². The average molecular weight is 593 g/mol. The number of ether oxygens (including phenoxy) is 7. The maximum absolute atomic E-state index is 6.07. The molecule has 0 fully saturated rings. The summed E-state index contributed by atoms with van der Waals surface area (Å²) < 4.78 is 40.3. The summed E-state index contributed by atoms with van der Waals surface area (Å²) in [7, 11) is 0. The first-order valence-electron chi connectivity index (χ1n) is 15.4. The number of nitrogens with zero attached hydrogens (tertiary/aromatic N) is 2. The Hall–Kier alpha value is -3.66. The molecule has 1 aliphatic heterocycles. The van der Waals surface area contributed by atoms with Crippen molar-refractivity contribution in [3.63, 3.8) is 0 Å². The molecule has 0 bridgehead atoms. The van der Waals surface area contributed by atoms with E-state index in [1.165, 1.54) is 32.1 Å². The summed E-state index contributed by atoms with van der Waals surface area (Å²) in [6.45, 7) is 6.74. The van der Waals surface area contributed by atoms with Crippen molar-refractivity contribution in [2.75, 3.05) is 59.5 Å². The third-order valence-electron chi connectivity index (χ3n) is 6.59. The normalized spacial score (nSPS) is 15.0. The predicted molar refractivity (Wildman–Crippen MR) is 166 cm³/mol. The molecule has 0 saturated carbocycles. The van der Waals surface area contributed by atoms with E-state index in [1.54, 1.807) is 0 Å². The third kappa shape index (κ3) is 12.6. The number of hydrogen-bond acceptors (Lipinski definition) is 9. The van der Waals surface area contributed by atoms with Gasteiger partial charge in [0.05, 0.1) is 57.6 Å². The second kappa shape index (κ2) is 19.5. The minimum Gasteiger partial charge on any atom is -0.494 e. The van der Waals surface area contributed by atoms with E-state index in [-0.39, 0.29) is 0 Å². The van der Waals surface area contributed by atoms with Gasteiger partial charge in [-0.1, -0.05) is 39.0 Å². The van der Waals surface area contributed by atoms with Crippen LogP contribution in [0.5, 0.6) is 28.7 Å². The molecule has 3 aromatic rings. The first-order valence-corrected chi connectivity index (χ1v) is 15.4. The van der Waals surface area contributed by atoms with Crippen molar-refractivity contribution in [3.05, 3.63) is 66.7 Å². The number of fused-ring (bicyclic) bond motifs is 1. The lowest BCUT2D eigenvalue weighted by Gasteiger charge is -2.15. The van der Waals surface area contributed by atoms with Gasteiger partial charge in [0, 0.05) is 6.07 Å². The van der Waals surface area contributed by atoms with Crippen molar-refractivity contribution in [2.45, 2.75) is 45.4 Å². The molecule has 0 saturated heterocycles. The van der Waals surface area contributed by atoms with Crippen LogP contribution in [0.2, 0.25) is 0 Å². The van der Waals surface area contributed by atoms with Gasteiger partial charge in [-0.15, -0.1) is 0 Å². The Morgan fingerprint density at radius 3 is 1.67 bits per heavy atom. The average Bonchev–Trinajstić information content (AvgIpc) is 3.04. The molecule has 0 unspecified atom stereocenters. The van der Waals surface area contributed by atoms with Gasteiger partial charge in [0.25, 0.3) is 0 Å². The van der Waals surface area contributed by atoms with Crippen molar-refractivity contribution in [1.29, 1.82) is 0 Å². The van der Waals surface area contributed by atoms with Crippen molar-refractivity contribution in [2.24, 2.45) is 10.2 Å². The second-order valence-corrected chi connectivity index (χ2v) is 10.0. The third-order valence-corrected chi connectivity index (χ3v) is 6.59. The van der Waals surface area contributed by atoms with Gasteiger partial charge < -0.3 is 33.2 Å². The van der Waals surface area contributed by atoms with E-state index in [2.05, 4.69) is 17.2 Å². The smallest absolute Gasteiger partial charge is 0.165 e. The molecule has 1 aliphatic rings. The van der Waals surface area contributed by atoms with Crippen LogP contribution in [0.1, 0.15) is 45.4 Å². The molecule has 43 heavy (non-hydrogen) atoms. The zero-order valence-corrected chi connectivity index (χ0v) is 25.2. The second-order valence-electron chi connectivity index (χ2n) is 10.0. The molecule has 1 heterocycles. The van der Waals surface area contributed by atoms with Crippen LogP contribution in [0.3, 0.4) is 0 Å². The van der Waals surface area contributed by atoms with E-state index in [9.17, 15) is 0 Å². The van der Waals surface area contributed by atoms with Crippen molar-refractivity contribution >= 4 is 11.4 Å². The van der Waals surface area contributed by atoms with Crippen LogP contribution < -0.4 is 18.9 Å². The molecular weight excluding hydrogens is 548 g/mol. The lowest BCUT2D eigenvalue weighted by atomic mass is 10.1. The molecule has 0 amide bonds. The summed E-state index contributed by atoms with van der Waals surface area (Å²) in [5, 5.41) is 8.70. The molecule has 0 aliphatic carbocycles. The molecule has 3 aromatic carbocycles. The van der Waals surface area contributed by atoms with E-state index < -0.39 is 0 Å². The molecular formula is C34H44N2O7. The van der Waals surface area contributed by atoms with Gasteiger partial charge in [-0.2, -0.15) is 10.2 Å². The highest BCUT2D eigenvalue weighted by atomic mass is 16.6. The molecule has 9 heteroatoms. The Bertz CT molecular complexity index is 1200. The number of rotatable bonds is 12. The summed E-state index contributed by atoms with van der Waals surface area (Å²) in [4.78, 5) is 0. The Morgan fingerprint density at radius 1 is 0.535 bits per heavy atom. The quantitative estimate of drug-likeness (QED) is 0.154. The zero-order valence-electron chi connectivity index (χ0n) is 25.2. The molecule has 0 aromatic heterocycles. The largest absolute Gasteiger partial charge is 0.494 e. The predicted octanol–water partition coefficient (Wildman–Crippen LogP) is 8.45. The van der Waals surface area contributed by atoms with E-state index in [4.69, 9.17) is 33.2 Å². The lowest BCUT2D eigenvalue weighted by molar-refractivity contribution is 0.00708. The molecule has 9 nitrogen and oxygen atoms in total. The minimum atomic E-state index is 0.380. The van der Waals surface area contributed by atoms with Gasteiger partial charge in [-0.25, -0.2) is 0 Å². The SMILES string of the molecule is CCCCCCCCOc1ccc(N=Nc2ccc(Oc3ccc4c(c3)OCCOCCOCCOCCO4)cc2)cc1. The van der Waals surface area contributed by atoms with Gasteiger partial charge in [-0.3, -0.25) is 0 Å². The molecule has 232 valence electrons. The van der Waals surface area contributed by atoms with Crippen LogP contribution in [-0.2, 0) is 14.2 Å². The van der Waals surface area contributed by atoms with Crippen LogP contribution in [0.25, 0.3) is 0 Å². The highest BCUT2D eigenvalue weighted by Crippen LogP contribution is 2.34. The van der Waals surface area contributed by atoms with Crippen LogP contribution in [0.4, 0.5) is 11.4 Å². The summed E-state index contributed by atoms with van der Waals surface area (Å²) in [5.74, 6) is 3.35. The maximum Gasteiger partial charge on any atom is 0.165 e. The highest BCUT2D eigenvalue weighted by molar-refractivity contribution is 5.48. The summed E-state index contributed by atoms with van der Waals surface area (Å²) in [6, 6.07) is 20.6. The number of azo groups is 1. The van der Waals surface area contributed by atoms with Crippen molar-refractivity contribution in [3.8, 4) is 28.7 Å².